The van der Waals surface area contributed by atoms with Crippen molar-refractivity contribution < 1.29 is 0 Å². The fourth-order valence-electron chi connectivity index (χ4n) is 3.18. The molecule has 0 saturated heterocycles. The van der Waals surface area contributed by atoms with Crippen molar-refractivity contribution in [3.63, 3.8) is 0 Å². The van der Waals surface area contributed by atoms with Crippen LogP contribution in [0, 0.1) is 25.7 Å². The highest BCUT2D eigenvalue weighted by molar-refractivity contribution is 5.31. The van der Waals surface area contributed by atoms with Gasteiger partial charge in [0.15, 0.2) is 0 Å². The van der Waals surface area contributed by atoms with Crippen LogP contribution in [0.1, 0.15) is 62.3 Å². The van der Waals surface area contributed by atoms with E-state index in [1.54, 1.807) is 0 Å². The summed E-state index contributed by atoms with van der Waals surface area (Å²) in [5.41, 5.74) is 4.21. The van der Waals surface area contributed by atoms with Gasteiger partial charge in [-0.2, -0.15) is 0 Å². The van der Waals surface area contributed by atoms with E-state index in [9.17, 15) is 0 Å². The van der Waals surface area contributed by atoms with Crippen LogP contribution in [0.15, 0.2) is 18.2 Å². The number of nitrogens with one attached hydrogen (secondary N) is 1. The van der Waals surface area contributed by atoms with Gasteiger partial charge in [-0.05, 0) is 62.3 Å². The average molecular weight is 259 g/mol. The van der Waals surface area contributed by atoms with Crippen molar-refractivity contribution in [2.75, 3.05) is 6.54 Å². The van der Waals surface area contributed by atoms with Gasteiger partial charge in [0.1, 0.15) is 0 Å². The van der Waals surface area contributed by atoms with E-state index < -0.39 is 0 Å². The topological polar surface area (TPSA) is 12.0 Å². The predicted molar refractivity (Wildman–Crippen MR) is 83.5 cm³/mol. The fourth-order valence-corrected chi connectivity index (χ4v) is 3.18. The molecule has 0 aliphatic heterocycles. The molecule has 2 rings (SSSR count). The molecule has 0 amide bonds. The Balaban J connectivity index is 1.89. The maximum atomic E-state index is 3.75. The quantitative estimate of drug-likeness (QED) is 0.820. The molecule has 0 aromatic heterocycles. The molecule has 1 aromatic rings. The van der Waals surface area contributed by atoms with Crippen LogP contribution in [-0.4, -0.2) is 6.54 Å². The van der Waals surface area contributed by atoms with Crippen molar-refractivity contribution in [3.05, 3.63) is 34.9 Å². The summed E-state index contributed by atoms with van der Waals surface area (Å²) in [4.78, 5) is 0. The van der Waals surface area contributed by atoms with Gasteiger partial charge >= 0.3 is 0 Å². The highest BCUT2D eigenvalue weighted by Crippen LogP contribution is 2.29. The first-order valence-electron chi connectivity index (χ1n) is 7.88. The standard InChI is InChI=1S/C18H29N/c1-13-9-10-17(11-15(13)3)16(4)19-12-18-8-6-5-7-14(18)2/h9-11,14,16,18-19H,5-8,12H2,1-4H3. The molecule has 0 heterocycles. The minimum absolute atomic E-state index is 0.466. The molecule has 1 aliphatic carbocycles. The van der Waals surface area contributed by atoms with Gasteiger partial charge < -0.3 is 5.32 Å². The molecule has 3 unspecified atom stereocenters. The lowest BCUT2D eigenvalue weighted by molar-refractivity contribution is 0.242. The van der Waals surface area contributed by atoms with Crippen LogP contribution in [-0.2, 0) is 0 Å². The Morgan fingerprint density at radius 1 is 1.16 bits per heavy atom. The molecule has 19 heavy (non-hydrogen) atoms. The second-order valence-corrected chi connectivity index (χ2v) is 6.50. The zero-order chi connectivity index (χ0) is 13.8. The Kier molecular flexibility index (Phi) is 5.04. The largest absolute Gasteiger partial charge is 0.310 e. The monoisotopic (exact) mass is 259 g/mol. The molecule has 1 N–H and O–H groups in total. The Hall–Kier alpha value is -0.820. The van der Waals surface area contributed by atoms with Crippen LogP contribution in [0.3, 0.4) is 0 Å². The molecule has 1 aliphatic rings. The molecule has 0 radical (unpaired) electrons. The van der Waals surface area contributed by atoms with Gasteiger partial charge in [0, 0.05) is 6.04 Å². The van der Waals surface area contributed by atoms with Crippen LogP contribution in [0.4, 0.5) is 0 Å². The first kappa shape index (κ1) is 14.6. The summed E-state index contributed by atoms with van der Waals surface area (Å²) in [6.07, 6.45) is 5.69. The highest BCUT2D eigenvalue weighted by Gasteiger charge is 2.21. The van der Waals surface area contributed by atoms with Gasteiger partial charge in [0.05, 0.1) is 0 Å². The number of hydrogen-bond acceptors (Lipinski definition) is 1. The summed E-state index contributed by atoms with van der Waals surface area (Å²) < 4.78 is 0. The van der Waals surface area contributed by atoms with Crippen molar-refractivity contribution in [1.82, 2.24) is 5.32 Å². The van der Waals surface area contributed by atoms with E-state index in [-0.39, 0.29) is 0 Å². The second kappa shape index (κ2) is 6.56. The van der Waals surface area contributed by atoms with Crippen LogP contribution in [0.25, 0.3) is 0 Å². The minimum atomic E-state index is 0.466. The summed E-state index contributed by atoms with van der Waals surface area (Å²) in [6, 6.07) is 7.31. The molecule has 0 bridgehead atoms. The summed E-state index contributed by atoms with van der Waals surface area (Å²) in [6.45, 7) is 10.3. The van der Waals surface area contributed by atoms with E-state index >= 15 is 0 Å². The number of aryl methyl sites for hydroxylation is 2. The molecular formula is C18H29N. The lowest BCUT2D eigenvalue weighted by atomic mass is 9.80. The van der Waals surface area contributed by atoms with Crippen molar-refractivity contribution in [3.8, 4) is 0 Å². The van der Waals surface area contributed by atoms with Gasteiger partial charge in [-0.3, -0.25) is 0 Å². The van der Waals surface area contributed by atoms with Crippen molar-refractivity contribution >= 4 is 0 Å². The molecule has 106 valence electrons. The zero-order valence-corrected chi connectivity index (χ0v) is 13.0. The lowest BCUT2D eigenvalue weighted by Gasteiger charge is -2.30. The van der Waals surface area contributed by atoms with Crippen LogP contribution in [0.5, 0.6) is 0 Å². The Labute approximate surface area is 118 Å². The summed E-state index contributed by atoms with van der Waals surface area (Å²) in [5, 5.41) is 3.75. The normalized spacial score (nSPS) is 25.3. The first-order valence-corrected chi connectivity index (χ1v) is 7.88. The minimum Gasteiger partial charge on any atom is -0.310 e. The van der Waals surface area contributed by atoms with E-state index in [0.717, 1.165) is 11.8 Å². The molecule has 1 fully saturated rings. The average Bonchev–Trinajstić information content (AvgIpc) is 2.40. The molecular weight excluding hydrogens is 230 g/mol. The van der Waals surface area contributed by atoms with Crippen LogP contribution in [0.2, 0.25) is 0 Å². The number of hydrogen-bond donors (Lipinski definition) is 1. The predicted octanol–water partition coefficient (Wildman–Crippen LogP) is 4.78. The Morgan fingerprint density at radius 2 is 1.89 bits per heavy atom. The highest BCUT2D eigenvalue weighted by atomic mass is 14.9. The molecule has 3 atom stereocenters. The third-order valence-electron chi connectivity index (χ3n) is 5.01. The smallest absolute Gasteiger partial charge is 0.0292 e. The molecule has 1 aromatic carbocycles. The fraction of sp³-hybridized carbons (Fsp3) is 0.667. The van der Waals surface area contributed by atoms with E-state index in [4.69, 9.17) is 0 Å². The Bertz CT molecular complexity index is 410. The van der Waals surface area contributed by atoms with Crippen LogP contribution < -0.4 is 5.32 Å². The number of rotatable bonds is 4. The van der Waals surface area contributed by atoms with Gasteiger partial charge in [0.25, 0.3) is 0 Å². The van der Waals surface area contributed by atoms with E-state index in [1.165, 1.54) is 48.9 Å². The van der Waals surface area contributed by atoms with Crippen LogP contribution >= 0.6 is 0 Å². The van der Waals surface area contributed by atoms with Crippen molar-refractivity contribution in [1.29, 1.82) is 0 Å². The first-order chi connectivity index (χ1) is 9.08. The van der Waals surface area contributed by atoms with Gasteiger partial charge in [-0.25, -0.2) is 0 Å². The second-order valence-electron chi connectivity index (χ2n) is 6.50. The summed E-state index contributed by atoms with van der Waals surface area (Å²) in [7, 11) is 0. The van der Waals surface area contributed by atoms with Gasteiger partial charge in [0.2, 0.25) is 0 Å². The van der Waals surface area contributed by atoms with Gasteiger partial charge in [-0.1, -0.05) is 44.4 Å². The third-order valence-corrected chi connectivity index (χ3v) is 5.01. The van der Waals surface area contributed by atoms with Gasteiger partial charge in [-0.15, -0.1) is 0 Å². The van der Waals surface area contributed by atoms with E-state index in [1.807, 2.05) is 0 Å². The Morgan fingerprint density at radius 3 is 2.58 bits per heavy atom. The summed E-state index contributed by atoms with van der Waals surface area (Å²) >= 11 is 0. The maximum Gasteiger partial charge on any atom is 0.0292 e. The SMILES string of the molecule is Cc1ccc(C(C)NCC2CCCCC2C)cc1C. The number of benzene rings is 1. The summed E-state index contributed by atoms with van der Waals surface area (Å²) in [5.74, 6) is 1.77. The third kappa shape index (κ3) is 3.82. The molecule has 0 spiro atoms. The van der Waals surface area contributed by atoms with E-state index in [2.05, 4.69) is 51.2 Å². The maximum absolute atomic E-state index is 3.75. The molecule has 1 nitrogen and oxygen atoms in total. The van der Waals surface area contributed by atoms with Crippen molar-refractivity contribution in [2.45, 2.75) is 59.4 Å². The molecule has 1 heteroatoms. The lowest BCUT2D eigenvalue weighted by Crippen LogP contribution is -2.31. The molecule has 1 saturated carbocycles. The zero-order valence-electron chi connectivity index (χ0n) is 13.0. The van der Waals surface area contributed by atoms with E-state index in [0.29, 0.717) is 6.04 Å². The van der Waals surface area contributed by atoms with Crippen molar-refractivity contribution in [2.24, 2.45) is 11.8 Å².